The van der Waals surface area contributed by atoms with E-state index in [-0.39, 0.29) is 5.92 Å². The van der Waals surface area contributed by atoms with Crippen LogP contribution in [0.15, 0.2) is 42.7 Å². The van der Waals surface area contributed by atoms with E-state index in [1.54, 1.807) is 0 Å². The number of fused-ring (bicyclic) bond motifs is 1. The Morgan fingerprint density at radius 3 is 2.83 bits per heavy atom. The summed E-state index contributed by atoms with van der Waals surface area (Å²) in [5.41, 5.74) is 2.79. The lowest BCUT2D eigenvalue weighted by atomic mass is 9.79. The number of carboxylic acid groups (broad SMARTS) is 1. The molecule has 0 bridgehead atoms. The van der Waals surface area contributed by atoms with Gasteiger partial charge in [0.05, 0.1) is 18.0 Å². The first-order valence-corrected chi connectivity index (χ1v) is 8.03. The number of hydrogen-bond acceptors (Lipinski definition) is 4. The van der Waals surface area contributed by atoms with Gasteiger partial charge in [-0.25, -0.2) is 4.79 Å². The van der Waals surface area contributed by atoms with E-state index in [0.29, 0.717) is 12.0 Å². The number of amides is 1. The third-order valence-electron chi connectivity index (χ3n) is 4.46. The second-order valence-electron chi connectivity index (χ2n) is 6.02. The van der Waals surface area contributed by atoms with Crippen LogP contribution in [0.1, 0.15) is 46.7 Å². The van der Waals surface area contributed by atoms with Crippen LogP contribution in [0.3, 0.4) is 0 Å². The molecule has 0 saturated carbocycles. The number of rotatable bonds is 5. The Morgan fingerprint density at radius 1 is 1.25 bits per heavy atom. The van der Waals surface area contributed by atoms with Gasteiger partial charge in [0.25, 0.3) is 5.91 Å². The zero-order valence-electron chi connectivity index (χ0n) is 13.2. The van der Waals surface area contributed by atoms with Crippen molar-refractivity contribution in [2.45, 2.75) is 37.6 Å². The summed E-state index contributed by atoms with van der Waals surface area (Å²) in [5, 5.41) is 19.4. The summed E-state index contributed by atoms with van der Waals surface area (Å²) >= 11 is 0. The van der Waals surface area contributed by atoms with Gasteiger partial charge >= 0.3 is 5.97 Å². The third kappa shape index (κ3) is 3.59. The van der Waals surface area contributed by atoms with Crippen LogP contribution >= 0.6 is 0 Å². The van der Waals surface area contributed by atoms with E-state index in [1.807, 2.05) is 12.1 Å². The van der Waals surface area contributed by atoms with Crippen molar-refractivity contribution in [2.75, 3.05) is 0 Å². The number of nitrogens with one attached hydrogen (secondary N) is 1. The van der Waals surface area contributed by atoms with Crippen molar-refractivity contribution in [3.8, 4) is 0 Å². The lowest BCUT2D eigenvalue weighted by Gasteiger charge is -2.28. The second kappa shape index (κ2) is 7.21. The maximum Gasteiger partial charge on any atom is 0.326 e. The summed E-state index contributed by atoms with van der Waals surface area (Å²) in [7, 11) is 0. The van der Waals surface area contributed by atoms with Gasteiger partial charge in [-0.3, -0.25) is 4.79 Å². The number of carbonyl (C=O) groups is 2. The number of hydrogen-bond donors (Lipinski definition) is 2. The molecule has 1 aromatic carbocycles. The fourth-order valence-electron chi connectivity index (χ4n) is 3.27. The number of aliphatic carboxylic acids is 1. The van der Waals surface area contributed by atoms with Gasteiger partial charge in [-0.15, -0.1) is 0 Å². The summed E-state index contributed by atoms with van der Waals surface area (Å²) in [5.74, 6) is -1.32. The van der Waals surface area contributed by atoms with Crippen molar-refractivity contribution in [1.29, 1.82) is 0 Å². The summed E-state index contributed by atoms with van der Waals surface area (Å²) in [6.45, 7) is 0. The Morgan fingerprint density at radius 2 is 2.08 bits per heavy atom. The molecule has 124 valence electrons. The maximum absolute atomic E-state index is 12.2. The highest BCUT2D eigenvalue weighted by Crippen LogP contribution is 2.34. The zero-order chi connectivity index (χ0) is 16.9. The Balaban J connectivity index is 1.74. The Labute approximate surface area is 139 Å². The first kappa shape index (κ1) is 16.1. The number of benzene rings is 1. The van der Waals surface area contributed by atoms with E-state index in [4.69, 9.17) is 0 Å². The molecule has 6 heteroatoms. The molecule has 1 amide bonds. The van der Waals surface area contributed by atoms with Gasteiger partial charge in [0, 0.05) is 0 Å². The number of aryl methyl sites for hydroxylation is 1. The first-order chi connectivity index (χ1) is 11.6. The predicted molar refractivity (Wildman–Crippen MR) is 87.7 cm³/mol. The van der Waals surface area contributed by atoms with Crippen molar-refractivity contribution in [1.82, 2.24) is 15.5 Å². The monoisotopic (exact) mass is 325 g/mol. The predicted octanol–water partition coefficient (Wildman–Crippen LogP) is 2.17. The van der Waals surface area contributed by atoms with E-state index in [2.05, 4.69) is 27.6 Å². The highest BCUT2D eigenvalue weighted by molar-refractivity contribution is 5.96. The quantitative estimate of drug-likeness (QED) is 0.879. The Bertz CT molecular complexity index is 733. The standard InChI is InChI=1S/C18H19N3O3/c22-17(14-8-9-19-20-11-14)21-16(18(23)24)10-13-6-3-5-12-4-1-2-7-15(12)13/h1-2,4,7-9,11,13,16H,3,5-6,10H2,(H,21,22)(H,23,24). The maximum atomic E-state index is 12.2. The molecule has 0 aliphatic heterocycles. The fraction of sp³-hybridized carbons (Fsp3) is 0.333. The van der Waals surface area contributed by atoms with Crippen LogP contribution in [-0.2, 0) is 11.2 Å². The molecule has 0 radical (unpaired) electrons. The van der Waals surface area contributed by atoms with E-state index >= 15 is 0 Å². The van der Waals surface area contributed by atoms with Crippen LogP contribution in [0.4, 0.5) is 0 Å². The molecular formula is C18H19N3O3. The molecule has 3 rings (SSSR count). The largest absolute Gasteiger partial charge is 0.480 e. The zero-order valence-corrected chi connectivity index (χ0v) is 13.2. The molecule has 2 unspecified atom stereocenters. The minimum atomic E-state index is -1.02. The summed E-state index contributed by atoms with van der Waals surface area (Å²) in [6.07, 6.45) is 6.12. The molecule has 2 N–H and O–H groups in total. The number of carbonyl (C=O) groups excluding carboxylic acids is 1. The highest BCUT2D eigenvalue weighted by Gasteiger charge is 2.28. The number of nitrogens with zero attached hydrogens (tertiary/aromatic N) is 2. The summed E-state index contributed by atoms with van der Waals surface area (Å²) in [6, 6.07) is 8.73. The first-order valence-electron chi connectivity index (χ1n) is 8.03. The molecule has 1 heterocycles. The molecule has 0 saturated heterocycles. The molecule has 0 spiro atoms. The molecule has 1 aliphatic carbocycles. The van der Waals surface area contributed by atoms with Crippen molar-refractivity contribution in [3.05, 3.63) is 59.4 Å². The van der Waals surface area contributed by atoms with E-state index in [0.717, 1.165) is 19.3 Å². The molecule has 0 fully saturated rings. The van der Waals surface area contributed by atoms with Crippen molar-refractivity contribution in [2.24, 2.45) is 0 Å². The summed E-state index contributed by atoms with van der Waals surface area (Å²) < 4.78 is 0. The number of carboxylic acids is 1. The molecule has 1 aliphatic rings. The minimum Gasteiger partial charge on any atom is -0.480 e. The second-order valence-corrected chi connectivity index (χ2v) is 6.02. The lowest BCUT2D eigenvalue weighted by molar-refractivity contribution is -0.139. The van der Waals surface area contributed by atoms with Gasteiger partial charge in [0.2, 0.25) is 0 Å². The van der Waals surface area contributed by atoms with Gasteiger partial charge in [0.15, 0.2) is 0 Å². The topological polar surface area (TPSA) is 92.2 Å². The number of aromatic nitrogens is 2. The molecular weight excluding hydrogens is 306 g/mol. The van der Waals surface area contributed by atoms with Gasteiger partial charge in [-0.2, -0.15) is 10.2 Å². The highest BCUT2D eigenvalue weighted by atomic mass is 16.4. The van der Waals surface area contributed by atoms with E-state index in [9.17, 15) is 14.7 Å². The molecule has 2 atom stereocenters. The van der Waals surface area contributed by atoms with Crippen molar-refractivity contribution < 1.29 is 14.7 Å². The lowest BCUT2D eigenvalue weighted by Crippen LogP contribution is -2.42. The van der Waals surface area contributed by atoms with Crippen LogP contribution in [-0.4, -0.2) is 33.2 Å². The van der Waals surface area contributed by atoms with Gasteiger partial charge in [-0.1, -0.05) is 24.3 Å². The Hall–Kier alpha value is -2.76. The van der Waals surface area contributed by atoms with Crippen LogP contribution in [0.25, 0.3) is 0 Å². The van der Waals surface area contributed by atoms with Gasteiger partial charge < -0.3 is 10.4 Å². The Kier molecular flexibility index (Phi) is 4.84. The van der Waals surface area contributed by atoms with E-state index < -0.39 is 17.9 Å². The molecule has 2 aromatic rings. The third-order valence-corrected chi connectivity index (χ3v) is 4.46. The molecule has 24 heavy (non-hydrogen) atoms. The molecule has 1 aromatic heterocycles. The molecule has 6 nitrogen and oxygen atoms in total. The SMILES string of the molecule is O=C(NC(CC1CCCc2ccccc21)C(=O)O)c1ccnnc1. The minimum absolute atomic E-state index is 0.145. The van der Waals surface area contributed by atoms with Gasteiger partial charge in [0.1, 0.15) is 6.04 Å². The van der Waals surface area contributed by atoms with Crippen molar-refractivity contribution >= 4 is 11.9 Å². The average molecular weight is 325 g/mol. The smallest absolute Gasteiger partial charge is 0.326 e. The van der Waals surface area contributed by atoms with Crippen LogP contribution in [0.5, 0.6) is 0 Å². The van der Waals surface area contributed by atoms with Crippen LogP contribution < -0.4 is 5.32 Å². The average Bonchev–Trinajstić information content (AvgIpc) is 2.62. The van der Waals surface area contributed by atoms with E-state index in [1.165, 1.54) is 29.6 Å². The normalized spacial score (nSPS) is 17.6. The van der Waals surface area contributed by atoms with Crippen LogP contribution in [0.2, 0.25) is 0 Å². The van der Waals surface area contributed by atoms with Crippen molar-refractivity contribution in [3.63, 3.8) is 0 Å². The fourth-order valence-corrected chi connectivity index (χ4v) is 3.27. The summed E-state index contributed by atoms with van der Waals surface area (Å²) in [4.78, 5) is 23.8. The van der Waals surface area contributed by atoms with Crippen LogP contribution in [0, 0.1) is 0 Å². The van der Waals surface area contributed by atoms with Gasteiger partial charge in [-0.05, 0) is 48.8 Å².